The Bertz CT molecular complexity index is 333. The number of rotatable bonds is 4. The quantitative estimate of drug-likeness (QED) is 0.684. The lowest BCUT2D eigenvalue weighted by Crippen LogP contribution is -2.30. The van der Waals surface area contributed by atoms with E-state index in [-0.39, 0.29) is 0 Å². The van der Waals surface area contributed by atoms with Gasteiger partial charge in [-0.2, -0.15) is 0 Å². The molecular weight excluding hydrogens is 192 g/mol. The molecule has 5 nitrogen and oxygen atoms in total. The zero-order valence-electron chi connectivity index (χ0n) is 9.41. The van der Waals surface area contributed by atoms with Gasteiger partial charge in [0, 0.05) is 12.1 Å². The fourth-order valence-corrected chi connectivity index (χ4v) is 1.23. The van der Waals surface area contributed by atoms with Crippen molar-refractivity contribution in [3.8, 4) is 0 Å². The number of nitrogens with two attached hydrogens (primary N) is 1. The van der Waals surface area contributed by atoms with Crippen LogP contribution in [0.25, 0.3) is 0 Å². The van der Waals surface area contributed by atoms with Gasteiger partial charge in [0.1, 0.15) is 18.0 Å². The van der Waals surface area contributed by atoms with Crippen LogP contribution in [0.4, 0.5) is 11.6 Å². The minimum atomic E-state index is -0.773. The van der Waals surface area contributed by atoms with E-state index in [1.54, 1.807) is 13.8 Å². The number of anilines is 2. The second-order valence-corrected chi connectivity index (χ2v) is 4.11. The number of hydrogen-bond donors (Lipinski definition) is 3. The van der Waals surface area contributed by atoms with E-state index in [0.29, 0.717) is 18.2 Å². The van der Waals surface area contributed by atoms with Crippen LogP contribution in [-0.4, -0.2) is 27.2 Å². The Morgan fingerprint density at radius 3 is 2.67 bits per heavy atom. The summed E-state index contributed by atoms with van der Waals surface area (Å²) >= 11 is 0. The predicted octanol–water partition coefficient (Wildman–Crippen LogP) is 0.804. The summed E-state index contributed by atoms with van der Waals surface area (Å²) in [5.41, 5.74) is 5.84. The molecule has 1 aromatic rings. The molecule has 0 amide bonds. The Morgan fingerprint density at radius 1 is 1.47 bits per heavy atom. The first kappa shape index (κ1) is 11.7. The molecule has 0 radical (unpaired) electrons. The van der Waals surface area contributed by atoms with Crippen LogP contribution in [0.5, 0.6) is 0 Å². The van der Waals surface area contributed by atoms with Gasteiger partial charge in [-0.25, -0.2) is 9.97 Å². The van der Waals surface area contributed by atoms with Crippen LogP contribution in [0.1, 0.15) is 26.3 Å². The first-order valence-electron chi connectivity index (χ1n) is 4.99. The van der Waals surface area contributed by atoms with Crippen molar-refractivity contribution in [2.45, 2.75) is 32.8 Å². The Morgan fingerprint density at radius 2 is 2.13 bits per heavy atom. The molecule has 84 valence electrons. The molecule has 0 aliphatic carbocycles. The van der Waals surface area contributed by atoms with E-state index >= 15 is 0 Å². The fraction of sp³-hybridized carbons (Fsp3) is 0.600. The molecule has 1 rings (SSSR count). The van der Waals surface area contributed by atoms with Crippen molar-refractivity contribution < 1.29 is 5.11 Å². The molecular formula is C10H18N4O. The van der Waals surface area contributed by atoms with Crippen molar-refractivity contribution in [3.05, 3.63) is 11.9 Å². The van der Waals surface area contributed by atoms with E-state index in [0.717, 1.165) is 12.0 Å². The van der Waals surface area contributed by atoms with Crippen molar-refractivity contribution in [1.29, 1.82) is 0 Å². The highest BCUT2D eigenvalue weighted by Crippen LogP contribution is 2.18. The molecule has 15 heavy (non-hydrogen) atoms. The van der Waals surface area contributed by atoms with Gasteiger partial charge in [-0.1, -0.05) is 6.92 Å². The maximum atomic E-state index is 9.57. The van der Waals surface area contributed by atoms with Crippen LogP contribution in [-0.2, 0) is 6.42 Å². The molecule has 0 aromatic carbocycles. The molecule has 0 unspecified atom stereocenters. The van der Waals surface area contributed by atoms with Crippen molar-refractivity contribution in [2.75, 3.05) is 17.6 Å². The summed E-state index contributed by atoms with van der Waals surface area (Å²) in [4.78, 5) is 8.02. The lowest BCUT2D eigenvalue weighted by atomic mass is 10.1. The standard InChI is InChI=1S/C10H18N4O/c1-4-7-8(11)13-6-14-9(7)12-5-10(2,3)15/h6,15H,4-5H2,1-3H3,(H3,11,12,13,14). The summed E-state index contributed by atoms with van der Waals surface area (Å²) in [6.45, 7) is 5.88. The maximum Gasteiger partial charge on any atom is 0.134 e. The molecule has 5 heteroatoms. The van der Waals surface area contributed by atoms with Crippen LogP contribution < -0.4 is 11.1 Å². The normalized spacial score (nSPS) is 11.5. The number of aromatic nitrogens is 2. The van der Waals surface area contributed by atoms with Gasteiger partial charge in [-0.15, -0.1) is 0 Å². The summed E-state index contributed by atoms with van der Waals surface area (Å²) in [5.74, 6) is 1.19. The Kier molecular flexibility index (Phi) is 3.47. The number of hydrogen-bond acceptors (Lipinski definition) is 5. The monoisotopic (exact) mass is 210 g/mol. The van der Waals surface area contributed by atoms with Gasteiger partial charge in [-0.05, 0) is 20.3 Å². The molecule has 0 fully saturated rings. The van der Waals surface area contributed by atoms with E-state index in [1.807, 2.05) is 6.92 Å². The SMILES string of the molecule is CCc1c(N)ncnc1NCC(C)(C)O. The second-order valence-electron chi connectivity index (χ2n) is 4.11. The first-order valence-corrected chi connectivity index (χ1v) is 4.99. The van der Waals surface area contributed by atoms with Crippen LogP contribution in [0.15, 0.2) is 6.33 Å². The summed E-state index contributed by atoms with van der Waals surface area (Å²) in [5, 5.41) is 12.6. The zero-order valence-corrected chi connectivity index (χ0v) is 9.41. The third-order valence-corrected chi connectivity index (χ3v) is 2.02. The van der Waals surface area contributed by atoms with E-state index in [1.165, 1.54) is 6.33 Å². The lowest BCUT2D eigenvalue weighted by Gasteiger charge is -2.19. The molecule has 0 saturated carbocycles. The Labute approximate surface area is 89.7 Å². The van der Waals surface area contributed by atoms with Crippen LogP contribution in [0.3, 0.4) is 0 Å². The second kappa shape index (κ2) is 4.44. The predicted molar refractivity (Wildman–Crippen MR) is 60.6 cm³/mol. The molecule has 0 spiro atoms. The topological polar surface area (TPSA) is 84.1 Å². The number of aliphatic hydroxyl groups is 1. The highest BCUT2D eigenvalue weighted by molar-refractivity contribution is 5.54. The van der Waals surface area contributed by atoms with Gasteiger partial charge in [0.25, 0.3) is 0 Å². The van der Waals surface area contributed by atoms with Gasteiger partial charge in [0.05, 0.1) is 5.60 Å². The molecule has 0 atom stereocenters. The third kappa shape index (κ3) is 3.36. The number of nitrogens with zero attached hydrogens (tertiary/aromatic N) is 2. The minimum Gasteiger partial charge on any atom is -0.389 e. The zero-order chi connectivity index (χ0) is 11.5. The average molecular weight is 210 g/mol. The van der Waals surface area contributed by atoms with Crippen molar-refractivity contribution in [1.82, 2.24) is 9.97 Å². The van der Waals surface area contributed by atoms with Gasteiger partial charge in [-0.3, -0.25) is 0 Å². The number of nitrogen functional groups attached to an aromatic ring is 1. The molecule has 1 heterocycles. The summed E-state index contributed by atoms with van der Waals surface area (Å²) in [6, 6.07) is 0. The smallest absolute Gasteiger partial charge is 0.134 e. The molecule has 1 aromatic heterocycles. The van der Waals surface area contributed by atoms with Crippen molar-refractivity contribution in [2.24, 2.45) is 0 Å². The molecule has 0 bridgehead atoms. The molecule has 4 N–H and O–H groups in total. The highest BCUT2D eigenvalue weighted by Gasteiger charge is 2.14. The highest BCUT2D eigenvalue weighted by atomic mass is 16.3. The largest absolute Gasteiger partial charge is 0.389 e. The van der Waals surface area contributed by atoms with E-state index in [4.69, 9.17) is 5.73 Å². The summed E-state index contributed by atoms with van der Waals surface area (Å²) in [6.07, 6.45) is 2.18. The van der Waals surface area contributed by atoms with Crippen molar-refractivity contribution >= 4 is 11.6 Å². The molecule has 0 aliphatic heterocycles. The van der Waals surface area contributed by atoms with Gasteiger partial charge >= 0.3 is 0 Å². The maximum absolute atomic E-state index is 9.57. The van der Waals surface area contributed by atoms with Crippen LogP contribution in [0, 0.1) is 0 Å². The van der Waals surface area contributed by atoms with Gasteiger partial charge in [0.15, 0.2) is 0 Å². The fourth-order valence-electron chi connectivity index (χ4n) is 1.23. The minimum absolute atomic E-state index is 0.427. The van der Waals surface area contributed by atoms with Crippen LogP contribution >= 0.6 is 0 Å². The van der Waals surface area contributed by atoms with E-state index < -0.39 is 5.60 Å². The summed E-state index contributed by atoms with van der Waals surface area (Å²) in [7, 11) is 0. The average Bonchev–Trinajstić information content (AvgIpc) is 2.13. The van der Waals surface area contributed by atoms with Gasteiger partial charge in [0.2, 0.25) is 0 Å². The van der Waals surface area contributed by atoms with E-state index in [9.17, 15) is 5.11 Å². The first-order chi connectivity index (χ1) is 6.94. The van der Waals surface area contributed by atoms with E-state index in [2.05, 4.69) is 15.3 Å². The summed E-state index contributed by atoms with van der Waals surface area (Å²) < 4.78 is 0. The van der Waals surface area contributed by atoms with Gasteiger partial charge < -0.3 is 16.2 Å². The molecule has 0 aliphatic rings. The Hall–Kier alpha value is -1.36. The Balaban J connectivity index is 2.81. The molecule has 0 saturated heterocycles. The number of nitrogens with one attached hydrogen (secondary N) is 1. The van der Waals surface area contributed by atoms with Crippen molar-refractivity contribution in [3.63, 3.8) is 0 Å². The third-order valence-electron chi connectivity index (χ3n) is 2.02. The lowest BCUT2D eigenvalue weighted by molar-refractivity contribution is 0.0944. The van der Waals surface area contributed by atoms with Crippen LogP contribution in [0.2, 0.25) is 0 Å².